The molecule has 0 saturated heterocycles. The zero-order valence-electron chi connectivity index (χ0n) is 20.5. The molecule has 0 atom stereocenters. The largest absolute Gasteiger partial charge is 0.273 e. The molecule has 3 aromatic rings. The number of hydrogen-bond donors (Lipinski definition) is 2. The lowest BCUT2D eigenvalue weighted by Crippen LogP contribution is -2.42. The van der Waals surface area contributed by atoms with Gasteiger partial charge in [-0.1, -0.05) is 87.2 Å². The van der Waals surface area contributed by atoms with E-state index >= 15 is 0 Å². The Morgan fingerprint density at radius 1 is 1.03 bits per heavy atom. The highest BCUT2D eigenvalue weighted by Crippen LogP contribution is 2.49. The van der Waals surface area contributed by atoms with E-state index in [4.69, 9.17) is 4.98 Å². The molecule has 1 aromatic heterocycles. The Bertz CT molecular complexity index is 1260. The summed E-state index contributed by atoms with van der Waals surface area (Å²) < 4.78 is 1.70. The monoisotopic (exact) mass is 470 g/mol. The van der Waals surface area contributed by atoms with Gasteiger partial charge in [0.2, 0.25) is 11.9 Å². The number of amides is 1. The maximum atomic E-state index is 14.2. The maximum Gasteiger partial charge on any atom is 0.259 e. The highest BCUT2D eigenvalue weighted by atomic mass is 16.2. The number of nitrogens with zero attached hydrogens (tertiary/aromatic N) is 2. The van der Waals surface area contributed by atoms with Crippen LogP contribution in [0.4, 0.5) is 5.95 Å². The number of carbonyl (C=O) groups is 1. The molecule has 6 nitrogen and oxygen atoms in total. The lowest BCUT2D eigenvalue weighted by atomic mass is 9.68. The van der Waals surface area contributed by atoms with E-state index in [0.29, 0.717) is 18.9 Å². The second-order valence-electron chi connectivity index (χ2n) is 9.99. The highest BCUT2D eigenvalue weighted by molar-refractivity contribution is 5.77. The normalized spacial score (nSPS) is 15.5. The third kappa shape index (κ3) is 4.62. The zero-order chi connectivity index (χ0) is 24.3. The van der Waals surface area contributed by atoms with Crippen LogP contribution in [0.2, 0.25) is 0 Å². The summed E-state index contributed by atoms with van der Waals surface area (Å²) in [5.41, 5.74) is 10.6. The predicted molar refractivity (Wildman–Crippen MR) is 139 cm³/mol. The van der Waals surface area contributed by atoms with Crippen molar-refractivity contribution in [2.75, 3.05) is 5.43 Å². The first-order valence-corrected chi connectivity index (χ1v) is 12.9. The molecule has 1 fully saturated rings. The summed E-state index contributed by atoms with van der Waals surface area (Å²) in [6, 6.07) is 18.3. The van der Waals surface area contributed by atoms with Crippen LogP contribution in [-0.2, 0) is 23.2 Å². The zero-order valence-corrected chi connectivity index (χ0v) is 20.5. The van der Waals surface area contributed by atoms with Gasteiger partial charge in [-0.05, 0) is 36.8 Å². The van der Waals surface area contributed by atoms with E-state index in [1.165, 1.54) is 5.56 Å². The summed E-state index contributed by atoms with van der Waals surface area (Å²) in [7, 11) is 0. The standard InChI is InChI=1S/C29H34N4O2/c1-2-3-5-16-24(34)31-32-28-30-26-23-15-9-8-14-22(23)19-29(17-10-11-18-29)25(26)27(35)33(28)20-21-12-6-4-7-13-21/h4,6-9,12-15H,2-3,5,10-11,16-20H2,1H3,(H,30,32)(H,31,34). The van der Waals surface area contributed by atoms with E-state index in [1.807, 2.05) is 36.4 Å². The first kappa shape index (κ1) is 23.3. The fourth-order valence-corrected chi connectivity index (χ4v) is 5.80. The predicted octanol–water partition coefficient (Wildman–Crippen LogP) is 5.35. The van der Waals surface area contributed by atoms with Crippen molar-refractivity contribution in [3.63, 3.8) is 0 Å². The second kappa shape index (κ2) is 10.1. The van der Waals surface area contributed by atoms with Crippen molar-refractivity contribution in [2.24, 2.45) is 0 Å². The van der Waals surface area contributed by atoms with Gasteiger partial charge in [0.05, 0.1) is 17.8 Å². The van der Waals surface area contributed by atoms with Crippen molar-refractivity contribution < 1.29 is 4.79 Å². The second-order valence-corrected chi connectivity index (χ2v) is 9.99. The van der Waals surface area contributed by atoms with Gasteiger partial charge in [0, 0.05) is 17.4 Å². The average Bonchev–Trinajstić information content (AvgIpc) is 3.33. The minimum atomic E-state index is -0.159. The van der Waals surface area contributed by atoms with Crippen molar-refractivity contribution in [1.29, 1.82) is 0 Å². The first-order chi connectivity index (χ1) is 17.1. The molecule has 35 heavy (non-hydrogen) atoms. The maximum absolute atomic E-state index is 14.2. The van der Waals surface area contributed by atoms with Crippen LogP contribution in [0.3, 0.4) is 0 Å². The Morgan fingerprint density at radius 3 is 2.54 bits per heavy atom. The molecule has 0 radical (unpaired) electrons. The molecule has 0 aliphatic heterocycles. The van der Waals surface area contributed by atoms with E-state index in [1.54, 1.807) is 4.57 Å². The van der Waals surface area contributed by atoms with E-state index < -0.39 is 0 Å². The van der Waals surface area contributed by atoms with Crippen LogP contribution in [0.5, 0.6) is 0 Å². The number of rotatable bonds is 8. The quantitative estimate of drug-likeness (QED) is 0.344. The summed E-state index contributed by atoms with van der Waals surface area (Å²) in [6.07, 6.45) is 8.54. The molecule has 182 valence electrons. The van der Waals surface area contributed by atoms with E-state index in [0.717, 1.165) is 73.8 Å². The van der Waals surface area contributed by atoms with Crippen LogP contribution in [0.15, 0.2) is 59.4 Å². The highest BCUT2D eigenvalue weighted by Gasteiger charge is 2.44. The smallest absolute Gasteiger partial charge is 0.259 e. The Kier molecular flexibility index (Phi) is 6.71. The Balaban J connectivity index is 1.60. The van der Waals surface area contributed by atoms with Gasteiger partial charge < -0.3 is 0 Å². The molecule has 0 bridgehead atoms. The van der Waals surface area contributed by atoms with Crippen LogP contribution in [0.25, 0.3) is 11.3 Å². The fourth-order valence-electron chi connectivity index (χ4n) is 5.80. The lowest BCUT2D eigenvalue weighted by Gasteiger charge is -2.36. The van der Waals surface area contributed by atoms with Crippen molar-refractivity contribution in [1.82, 2.24) is 15.0 Å². The van der Waals surface area contributed by atoms with Gasteiger partial charge in [-0.25, -0.2) is 4.98 Å². The van der Waals surface area contributed by atoms with Gasteiger partial charge in [-0.3, -0.25) is 25.0 Å². The van der Waals surface area contributed by atoms with Gasteiger partial charge in [0.15, 0.2) is 0 Å². The van der Waals surface area contributed by atoms with Crippen LogP contribution in [-0.4, -0.2) is 15.5 Å². The average molecular weight is 471 g/mol. The summed E-state index contributed by atoms with van der Waals surface area (Å²) in [4.78, 5) is 31.7. The van der Waals surface area contributed by atoms with Crippen molar-refractivity contribution in [3.05, 3.63) is 81.6 Å². The molecule has 2 aliphatic rings. The number of fused-ring (bicyclic) bond motifs is 4. The number of benzene rings is 2. The van der Waals surface area contributed by atoms with Gasteiger partial charge >= 0.3 is 0 Å². The summed E-state index contributed by atoms with van der Waals surface area (Å²) >= 11 is 0. The topological polar surface area (TPSA) is 76.0 Å². The number of hydrazine groups is 1. The summed E-state index contributed by atoms with van der Waals surface area (Å²) in [5.74, 6) is 0.288. The summed E-state index contributed by atoms with van der Waals surface area (Å²) in [5, 5.41) is 0. The molecule has 1 heterocycles. The third-order valence-corrected chi connectivity index (χ3v) is 7.57. The van der Waals surface area contributed by atoms with Gasteiger partial charge in [0.1, 0.15) is 0 Å². The molecule has 2 aliphatic carbocycles. The van der Waals surface area contributed by atoms with Crippen LogP contribution in [0, 0.1) is 0 Å². The number of anilines is 1. The van der Waals surface area contributed by atoms with Crippen LogP contribution in [0.1, 0.15) is 75.0 Å². The van der Waals surface area contributed by atoms with E-state index in [2.05, 4.69) is 36.0 Å². The van der Waals surface area contributed by atoms with Gasteiger partial charge in [-0.2, -0.15) is 0 Å². The Hall–Kier alpha value is -3.41. The molecule has 1 amide bonds. The molecule has 6 heteroatoms. The first-order valence-electron chi connectivity index (χ1n) is 12.9. The molecule has 2 N–H and O–H groups in total. The minimum Gasteiger partial charge on any atom is -0.273 e. The van der Waals surface area contributed by atoms with E-state index in [9.17, 15) is 9.59 Å². The van der Waals surface area contributed by atoms with Gasteiger partial charge in [-0.15, -0.1) is 0 Å². The molecule has 0 unspecified atom stereocenters. The summed E-state index contributed by atoms with van der Waals surface area (Å²) in [6.45, 7) is 2.51. The van der Waals surface area contributed by atoms with Gasteiger partial charge in [0.25, 0.3) is 5.56 Å². The number of aromatic nitrogens is 2. The van der Waals surface area contributed by atoms with E-state index in [-0.39, 0.29) is 16.9 Å². The number of carbonyl (C=O) groups excluding carboxylic acids is 1. The lowest BCUT2D eigenvalue weighted by molar-refractivity contribution is -0.120. The Morgan fingerprint density at radius 2 is 1.77 bits per heavy atom. The molecule has 2 aromatic carbocycles. The molecular weight excluding hydrogens is 436 g/mol. The number of hydrogen-bond acceptors (Lipinski definition) is 4. The van der Waals surface area contributed by atoms with Crippen LogP contribution >= 0.6 is 0 Å². The van der Waals surface area contributed by atoms with Crippen molar-refractivity contribution >= 4 is 11.9 Å². The SMILES string of the molecule is CCCCCC(=O)NNc1nc2c(c(=O)n1Cc1ccccc1)C1(CCCC1)Cc1ccccc1-2. The Labute approximate surface area is 206 Å². The molecule has 1 spiro atoms. The minimum absolute atomic E-state index is 0.00186. The molecular formula is C29H34N4O2. The number of nitrogens with one attached hydrogen (secondary N) is 2. The molecule has 5 rings (SSSR count). The van der Waals surface area contributed by atoms with Crippen molar-refractivity contribution in [3.8, 4) is 11.3 Å². The van der Waals surface area contributed by atoms with Crippen LogP contribution < -0.4 is 16.4 Å². The van der Waals surface area contributed by atoms with Crippen molar-refractivity contribution in [2.45, 2.75) is 76.7 Å². The fraction of sp³-hybridized carbons (Fsp3) is 0.414. The molecule has 1 saturated carbocycles. The number of unbranched alkanes of at least 4 members (excludes halogenated alkanes) is 2. The third-order valence-electron chi connectivity index (χ3n) is 7.57.